The van der Waals surface area contributed by atoms with Crippen molar-refractivity contribution in [2.45, 2.75) is 12.2 Å². The van der Waals surface area contributed by atoms with Crippen molar-refractivity contribution in [1.29, 1.82) is 0 Å². The Morgan fingerprint density at radius 1 is 1.47 bits per heavy atom. The zero-order valence-electron chi connectivity index (χ0n) is 10.5. The van der Waals surface area contributed by atoms with Crippen molar-refractivity contribution in [3.05, 3.63) is 23.8 Å². The maximum Gasteiger partial charge on any atom is 0.335 e. The lowest BCUT2D eigenvalue weighted by Gasteiger charge is -2.14. The minimum Gasteiger partial charge on any atom is -0.506 e. The van der Waals surface area contributed by atoms with E-state index in [0.717, 1.165) is 6.07 Å². The standard InChI is InChI=1S/C11H15NO6S/c1-7(6-18-2)19(16,17)12-9-4-3-8(11(14)15)5-10(9)13/h3-5,7,12-13H,6H2,1-2H3,(H,14,15). The highest BCUT2D eigenvalue weighted by Crippen LogP contribution is 2.26. The summed E-state index contributed by atoms with van der Waals surface area (Å²) < 4.78 is 30.6. The minimum absolute atomic E-state index is 0.00328. The van der Waals surface area contributed by atoms with Gasteiger partial charge in [-0.2, -0.15) is 0 Å². The monoisotopic (exact) mass is 289 g/mol. The molecule has 0 saturated carbocycles. The Morgan fingerprint density at radius 2 is 2.11 bits per heavy atom. The average molecular weight is 289 g/mol. The van der Waals surface area contributed by atoms with Crippen LogP contribution in [0.4, 0.5) is 5.69 Å². The lowest BCUT2D eigenvalue weighted by atomic mass is 10.2. The van der Waals surface area contributed by atoms with E-state index in [-0.39, 0.29) is 17.9 Å². The van der Waals surface area contributed by atoms with Crippen LogP contribution in [0.5, 0.6) is 5.75 Å². The first-order valence-corrected chi connectivity index (χ1v) is 6.89. The van der Waals surface area contributed by atoms with E-state index in [4.69, 9.17) is 9.84 Å². The van der Waals surface area contributed by atoms with Gasteiger partial charge in [0.25, 0.3) is 0 Å². The number of phenolic OH excluding ortho intramolecular Hbond substituents is 1. The Morgan fingerprint density at radius 3 is 2.58 bits per heavy atom. The molecule has 0 radical (unpaired) electrons. The molecule has 0 saturated heterocycles. The number of aromatic hydroxyl groups is 1. The molecule has 0 heterocycles. The van der Waals surface area contributed by atoms with Crippen LogP contribution in [-0.4, -0.2) is 43.6 Å². The quantitative estimate of drug-likeness (QED) is 0.670. The number of carboxylic acids is 1. The van der Waals surface area contributed by atoms with Crippen molar-refractivity contribution in [1.82, 2.24) is 0 Å². The fourth-order valence-corrected chi connectivity index (χ4v) is 2.32. The molecule has 0 spiro atoms. The van der Waals surface area contributed by atoms with Gasteiger partial charge in [0, 0.05) is 7.11 Å². The normalized spacial score (nSPS) is 12.9. The largest absolute Gasteiger partial charge is 0.506 e. The summed E-state index contributed by atoms with van der Waals surface area (Å²) >= 11 is 0. The molecule has 3 N–H and O–H groups in total. The molecule has 0 aromatic heterocycles. The molecule has 1 rings (SSSR count). The van der Waals surface area contributed by atoms with Crippen molar-refractivity contribution in [2.24, 2.45) is 0 Å². The van der Waals surface area contributed by atoms with E-state index < -0.39 is 27.0 Å². The van der Waals surface area contributed by atoms with Crippen LogP contribution in [0.1, 0.15) is 17.3 Å². The van der Waals surface area contributed by atoms with E-state index in [9.17, 15) is 18.3 Å². The van der Waals surface area contributed by atoms with Gasteiger partial charge in [-0.15, -0.1) is 0 Å². The van der Waals surface area contributed by atoms with Gasteiger partial charge in [-0.05, 0) is 25.1 Å². The molecule has 1 atom stereocenters. The Bertz CT molecular complexity index is 569. The summed E-state index contributed by atoms with van der Waals surface area (Å²) in [6.45, 7) is 1.46. The number of sulfonamides is 1. The molecule has 0 aliphatic heterocycles. The smallest absolute Gasteiger partial charge is 0.335 e. The Kier molecular flexibility index (Phi) is 4.73. The van der Waals surface area contributed by atoms with E-state index in [0.29, 0.717) is 0 Å². The van der Waals surface area contributed by atoms with Gasteiger partial charge in [0.05, 0.1) is 17.9 Å². The van der Waals surface area contributed by atoms with Gasteiger partial charge in [-0.3, -0.25) is 4.72 Å². The molecular weight excluding hydrogens is 274 g/mol. The summed E-state index contributed by atoms with van der Waals surface area (Å²) in [6, 6.07) is 3.36. The number of ether oxygens (including phenoxy) is 1. The zero-order chi connectivity index (χ0) is 14.6. The molecule has 1 aromatic rings. The molecule has 0 aliphatic carbocycles. The minimum atomic E-state index is -3.71. The van der Waals surface area contributed by atoms with Crippen LogP contribution in [-0.2, 0) is 14.8 Å². The van der Waals surface area contributed by atoms with Crippen LogP contribution in [0, 0.1) is 0 Å². The highest BCUT2D eigenvalue weighted by molar-refractivity contribution is 7.93. The van der Waals surface area contributed by atoms with E-state index in [1.54, 1.807) is 0 Å². The van der Waals surface area contributed by atoms with E-state index in [1.165, 1.54) is 26.2 Å². The number of phenols is 1. The van der Waals surface area contributed by atoms with Crippen molar-refractivity contribution in [3.63, 3.8) is 0 Å². The van der Waals surface area contributed by atoms with Gasteiger partial charge < -0.3 is 14.9 Å². The summed E-state index contributed by atoms with van der Waals surface area (Å²) in [4.78, 5) is 10.7. The topological polar surface area (TPSA) is 113 Å². The predicted octanol–water partition coefficient (Wildman–Crippen LogP) is 0.867. The van der Waals surface area contributed by atoms with Gasteiger partial charge in [0.1, 0.15) is 11.0 Å². The first kappa shape index (κ1) is 15.3. The average Bonchev–Trinajstić information content (AvgIpc) is 2.31. The molecule has 19 heavy (non-hydrogen) atoms. The highest BCUT2D eigenvalue weighted by atomic mass is 32.2. The number of hydrogen-bond donors (Lipinski definition) is 3. The fourth-order valence-electron chi connectivity index (χ4n) is 1.33. The number of methoxy groups -OCH3 is 1. The molecule has 0 aliphatic rings. The van der Waals surface area contributed by atoms with Crippen molar-refractivity contribution >= 4 is 21.7 Å². The molecule has 1 unspecified atom stereocenters. The van der Waals surface area contributed by atoms with E-state index in [1.807, 2.05) is 0 Å². The van der Waals surface area contributed by atoms with Gasteiger partial charge in [-0.1, -0.05) is 0 Å². The Balaban J connectivity index is 2.97. The van der Waals surface area contributed by atoms with Crippen molar-refractivity contribution in [2.75, 3.05) is 18.4 Å². The number of aromatic carboxylic acids is 1. The number of nitrogens with one attached hydrogen (secondary N) is 1. The van der Waals surface area contributed by atoms with E-state index in [2.05, 4.69) is 4.72 Å². The molecule has 1 aromatic carbocycles. The molecule has 106 valence electrons. The molecule has 0 fully saturated rings. The number of benzene rings is 1. The zero-order valence-corrected chi connectivity index (χ0v) is 11.3. The third-order valence-electron chi connectivity index (χ3n) is 2.43. The second kappa shape index (κ2) is 5.89. The molecule has 8 heteroatoms. The van der Waals surface area contributed by atoms with Gasteiger partial charge >= 0.3 is 5.97 Å². The molecule has 0 amide bonds. The first-order chi connectivity index (χ1) is 8.77. The summed E-state index contributed by atoms with van der Waals surface area (Å²) in [7, 11) is -2.33. The third-order valence-corrected chi connectivity index (χ3v) is 4.13. The van der Waals surface area contributed by atoms with Crippen LogP contribution in [0.2, 0.25) is 0 Å². The highest BCUT2D eigenvalue weighted by Gasteiger charge is 2.22. The number of hydrogen-bond acceptors (Lipinski definition) is 5. The third kappa shape index (κ3) is 3.83. The van der Waals surface area contributed by atoms with Crippen molar-refractivity contribution in [3.8, 4) is 5.75 Å². The van der Waals surface area contributed by atoms with Gasteiger partial charge in [-0.25, -0.2) is 13.2 Å². The van der Waals surface area contributed by atoms with Crippen LogP contribution >= 0.6 is 0 Å². The van der Waals surface area contributed by atoms with Crippen LogP contribution in [0.15, 0.2) is 18.2 Å². The number of carbonyl (C=O) groups is 1. The van der Waals surface area contributed by atoms with Crippen LogP contribution in [0.3, 0.4) is 0 Å². The summed E-state index contributed by atoms with van der Waals surface area (Å²) in [5, 5.41) is 17.5. The van der Waals surface area contributed by atoms with Crippen LogP contribution in [0.25, 0.3) is 0 Å². The van der Waals surface area contributed by atoms with Gasteiger partial charge in [0.15, 0.2) is 0 Å². The first-order valence-electron chi connectivity index (χ1n) is 5.35. The number of rotatable bonds is 6. The second-order valence-electron chi connectivity index (χ2n) is 3.95. The van der Waals surface area contributed by atoms with Gasteiger partial charge in [0.2, 0.25) is 10.0 Å². The SMILES string of the molecule is COCC(C)S(=O)(=O)Nc1ccc(C(=O)O)cc1O. The van der Waals surface area contributed by atoms with Crippen LogP contribution < -0.4 is 4.72 Å². The summed E-state index contributed by atoms with van der Waals surface area (Å²) in [5.41, 5.74) is -0.210. The fraction of sp³-hybridized carbons (Fsp3) is 0.364. The molecule has 0 bridgehead atoms. The lowest BCUT2D eigenvalue weighted by Crippen LogP contribution is -2.29. The maximum atomic E-state index is 11.8. The lowest BCUT2D eigenvalue weighted by molar-refractivity contribution is 0.0696. The Hall–Kier alpha value is -1.80. The number of carboxylic acid groups (broad SMARTS) is 1. The molecule has 7 nitrogen and oxygen atoms in total. The summed E-state index contributed by atoms with van der Waals surface area (Å²) in [6.07, 6.45) is 0. The number of anilines is 1. The summed E-state index contributed by atoms with van der Waals surface area (Å²) in [5.74, 6) is -1.66. The maximum absolute atomic E-state index is 11.8. The Labute approximate surface area is 110 Å². The predicted molar refractivity (Wildman–Crippen MR) is 68.9 cm³/mol. The van der Waals surface area contributed by atoms with Crippen molar-refractivity contribution < 1.29 is 28.2 Å². The molecular formula is C11H15NO6S. The second-order valence-corrected chi connectivity index (χ2v) is 6.05. The van der Waals surface area contributed by atoms with E-state index >= 15 is 0 Å².